The molecule has 1 heterocycles. The Morgan fingerprint density at radius 2 is 2.12 bits per heavy atom. The van der Waals surface area contributed by atoms with E-state index < -0.39 is 0 Å². The van der Waals surface area contributed by atoms with Gasteiger partial charge in [-0.2, -0.15) is 15.0 Å². The van der Waals surface area contributed by atoms with Crippen molar-refractivity contribution in [3.63, 3.8) is 0 Å². The molecule has 0 amide bonds. The van der Waals surface area contributed by atoms with Gasteiger partial charge in [0.15, 0.2) is 0 Å². The fraction of sp³-hybridized carbons (Fsp3) is 0.667. The summed E-state index contributed by atoms with van der Waals surface area (Å²) in [7, 11) is 0. The highest BCUT2D eigenvalue weighted by Gasteiger charge is 2.06. The first-order valence-corrected chi connectivity index (χ1v) is 5.42. The molecule has 1 aromatic heterocycles. The molecule has 0 aliphatic heterocycles. The van der Waals surface area contributed by atoms with Crippen molar-refractivity contribution in [1.29, 1.82) is 0 Å². The molecule has 0 aliphatic carbocycles. The molecule has 1 aromatic rings. The van der Waals surface area contributed by atoms with Crippen LogP contribution in [0.25, 0.3) is 0 Å². The Morgan fingerprint density at radius 3 is 2.75 bits per heavy atom. The fourth-order valence-electron chi connectivity index (χ4n) is 0.954. The molecule has 16 heavy (non-hydrogen) atoms. The number of ether oxygens (including phenoxy) is 1. The molecule has 0 saturated carbocycles. The quantitative estimate of drug-likeness (QED) is 0.732. The third-order valence-electron chi connectivity index (χ3n) is 1.55. The predicted octanol–water partition coefficient (Wildman–Crippen LogP) is 1.11. The Morgan fingerprint density at radius 1 is 1.38 bits per heavy atom. The molecular formula is C9H15ClN4O2. The summed E-state index contributed by atoms with van der Waals surface area (Å²) in [5.41, 5.74) is 0. The molecule has 0 aliphatic rings. The average molecular weight is 247 g/mol. The molecule has 7 heteroatoms. The van der Waals surface area contributed by atoms with Crippen LogP contribution in [0, 0.1) is 0 Å². The summed E-state index contributed by atoms with van der Waals surface area (Å²) in [6.07, 6.45) is 0.590. The monoisotopic (exact) mass is 246 g/mol. The molecule has 0 spiro atoms. The van der Waals surface area contributed by atoms with Crippen LogP contribution in [0.2, 0.25) is 5.28 Å². The lowest BCUT2D eigenvalue weighted by Crippen LogP contribution is -2.12. The molecule has 6 nitrogen and oxygen atoms in total. The van der Waals surface area contributed by atoms with Crippen LogP contribution in [0.5, 0.6) is 6.01 Å². The second-order valence-corrected chi connectivity index (χ2v) is 3.72. The molecule has 0 unspecified atom stereocenters. The summed E-state index contributed by atoms with van der Waals surface area (Å²) in [5.74, 6) is 0.351. The molecule has 0 bridgehead atoms. The third kappa shape index (κ3) is 4.59. The molecule has 0 fully saturated rings. The summed E-state index contributed by atoms with van der Waals surface area (Å²) in [6.45, 7) is 4.42. The standard InChI is InChI=1S/C9H15ClN4O2/c1-6(2)16-9-13-7(10)12-8(14-9)11-4-3-5-15/h6,15H,3-5H2,1-2H3,(H,11,12,13,14). The first kappa shape index (κ1) is 12.9. The number of aliphatic hydroxyl groups excluding tert-OH is 1. The minimum absolute atomic E-state index is 0.0243. The second kappa shape index (κ2) is 6.44. The lowest BCUT2D eigenvalue weighted by molar-refractivity contribution is 0.222. The van der Waals surface area contributed by atoms with Gasteiger partial charge in [-0.1, -0.05) is 0 Å². The van der Waals surface area contributed by atoms with Gasteiger partial charge in [0.25, 0.3) is 0 Å². The van der Waals surface area contributed by atoms with Crippen LogP contribution < -0.4 is 10.1 Å². The highest BCUT2D eigenvalue weighted by molar-refractivity contribution is 6.28. The number of nitrogens with one attached hydrogen (secondary N) is 1. The van der Waals surface area contributed by atoms with Crippen LogP contribution in [0.4, 0.5) is 5.95 Å². The van der Waals surface area contributed by atoms with Crippen molar-refractivity contribution in [2.45, 2.75) is 26.4 Å². The topological polar surface area (TPSA) is 80.2 Å². The van der Waals surface area contributed by atoms with Crippen molar-refractivity contribution in [3.05, 3.63) is 5.28 Å². The summed E-state index contributed by atoms with van der Waals surface area (Å²) in [4.78, 5) is 11.7. The maximum Gasteiger partial charge on any atom is 0.322 e. The van der Waals surface area contributed by atoms with E-state index in [1.54, 1.807) is 0 Å². The van der Waals surface area contributed by atoms with Crippen LogP contribution in [0.15, 0.2) is 0 Å². The SMILES string of the molecule is CC(C)Oc1nc(Cl)nc(NCCCO)n1. The minimum Gasteiger partial charge on any atom is -0.461 e. The van der Waals surface area contributed by atoms with Crippen LogP contribution >= 0.6 is 11.6 Å². The molecule has 0 aromatic carbocycles. The molecule has 0 atom stereocenters. The van der Waals surface area contributed by atoms with E-state index >= 15 is 0 Å². The number of rotatable bonds is 6. The van der Waals surface area contributed by atoms with E-state index in [9.17, 15) is 0 Å². The van der Waals surface area contributed by atoms with E-state index in [0.29, 0.717) is 18.9 Å². The summed E-state index contributed by atoms with van der Waals surface area (Å²) >= 11 is 5.71. The van der Waals surface area contributed by atoms with Gasteiger partial charge in [-0.3, -0.25) is 0 Å². The zero-order valence-electron chi connectivity index (χ0n) is 9.27. The Labute approximate surface area is 99.0 Å². The third-order valence-corrected chi connectivity index (χ3v) is 1.72. The van der Waals surface area contributed by atoms with Gasteiger partial charge in [-0.25, -0.2) is 0 Å². The molecular weight excluding hydrogens is 232 g/mol. The lowest BCUT2D eigenvalue weighted by atomic mass is 10.4. The summed E-state index contributed by atoms with van der Waals surface area (Å²) < 4.78 is 5.31. The lowest BCUT2D eigenvalue weighted by Gasteiger charge is -2.09. The van der Waals surface area contributed by atoms with Gasteiger partial charge in [0.2, 0.25) is 11.2 Å². The van der Waals surface area contributed by atoms with Crippen molar-refractivity contribution in [2.75, 3.05) is 18.5 Å². The predicted molar refractivity (Wildman–Crippen MR) is 60.8 cm³/mol. The highest BCUT2D eigenvalue weighted by Crippen LogP contribution is 2.12. The number of aliphatic hydroxyl groups is 1. The molecule has 90 valence electrons. The van der Waals surface area contributed by atoms with E-state index in [0.717, 1.165) is 0 Å². The van der Waals surface area contributed by atoms with E-state index in [-0.39, 0.29) is 24.0 Å². The fourth-order valence-corrected chi connectivity index (χ4v) is 1.11. The van der Waals surface area contributed by atoms with Crippen molar-refractivity contribution in [1.82, 2.24) is 15.0 Å². The number of hydrogen-bond donors (Lipinski definition) is 2. The smallest absolute Gasteiger partial charge is 0.322 e. The van der Waals surface area contributed by atoms with Crippen LogP contribution in [0.3, 0.4) is 0 Å². The highest BCUT2D eigenvalue weighted by atomic mass is 35.5. The maximum absolute atomic E-state index is 8.63. The molecule has 2 N–H and O–H groups in total. The Hall–Kier alpha value is -1.14. The van der Waals surface area contributed by atoms with E-state index in [1.165, 1.54) is 0 Å². The molecule has 1 rings (SSSR count). The number of anilines is 1. The molecule has 0 saturated heterocycles. The van der Waals surface area contributed by atoms with Crippen LogP contribution in [-0.2, 0) is 0 Å². The zero-order chi connectivity index (χ0) is 12.0. The minimum atomic E-state index is -0.0243. The average Bonchev–Trinajstić information content (AvgIpc) is 2.16. The Kier molecular flexibility index (Phi) is 5.21. The summed E-state index contributed by atoms with van der Waals surface area (Å²) in [6, 6.07) is 0.196. The number of halogens is 1. The van der Waals surface area contributed by atoms with Crippen molar-refractivity contribution in [3.8, 4) is 6.01 Å². The first-order chi connectivity index (χ1) is 7.61. The van der Waals surface area contributed by atoms with Crippen molar-refractivity contribution < 1.29 is 9.84 Å². The Balaban J connectivity index is 2.65. The van der Waals surface area contributed by atoms with Crippen molar-refractivity contribution in [2.24, 2.45) is 0 Å². The maximum atomic E-state index is 8.63. The van der Waals surface area contributed by atoms with E-state index in [2.05, 4.69) is 20.3 Å². The molecule has 0 radical (unpaired) electrons. The van der Waals surface area contributed by atoms with Crippen LogP contribution in [0.1, 0.15) is 20.3 Å². The first-order valence-electron chi connectivity index (χ1n) is 5.04. The van der Waals surface area contributed by atoms with Gasteiger partial charge < -0.3 is 15.2 Å². The van der Waals surface area contributed by atoms with Crippen molar-refractivity contribution >= 4 is 17.5 Å². The number of nitrogens with zero attached hydrogens (tertiary/aromatic N) is 3. The Bertz CT molecular complexity index is 335. The van der Waals surface area contributed by atoms with E-state index in [1.807, 2.05) is 13.8 Å². The largest absolute Gasteiger partial charge is 0.461 e. The van der Waals surface area contributed by atoms with Gasteiger partial charge in [0, 0.05) is 13.2 Å². The van der Waals surface area contributed by atoms with Gasteiger partial charge in [0.1, 0.15) is 0 Å². The number of hydrogen-bond acceptors (Lipinski definition) is 6. The van der Waals surface area contributed by atoms with E-state index in [4.69, 9.17) is 21.4 Å². The summed E-state index contributed by atoms with van der Waals surface area (Å²) in [5, 5.41) is 11.6. The normalized spacial score (nSPS) is 10.6. The second-order valence-electron chi connectivity index (χ2n) is 3.38. The van der Waals surface area contributed by atoms with Crippen LogP contribution in [-0.4, -0.2) is 39.3 Å². The zero-order valence-corrected chi connectivity index (χ0v) is 10.0. The van der Waals surface area contributed by atoms with Gasteiger partial charge in [-0.05, 0) is 31.9 Å². The number of aromatic nitrogens is 3. The van der Waals surface area contributed by atoms with Gasteiger partial charge in [0.05, 0.1) is 6.10 Å². The van der Waals surface area contributed by atoms with Gasteiger partial charge in [-0.15, -0.1) is 0 Å². The van der Waals surface area contributed by atoms with Gasteiger partial charge >= 0.3 is 6.01 Å².